The maximum atomic E-state index is 9.28. The van der Waals surface area contributed by atoms with Crippen molar-refractivity contribution in [2.24, 2.45) is 0 Å². The van der Waals surface area contributed by atoms with Crippen molar-refractivity contribution in [1.29, 1.82) is 5.26 Å². The van der Waals surface area contributed by atoms with Gasteiger partial charge < -0.3 is 9.73 Å². The molecule has 2 aromatic rings. The number of nitriles is 1. The minimum Gasteiger partial charge on any atom is -0.424 e. The Morgan fingerprint density at radius 1 is 1.14 bits per heavy atom. The number of aromatic nitrogens is 1. The minimum absolute atomic E-state index is 0.314. The molecule has 2 saturated carbocycles. The first-order valence-corrected chi connectivity index (χ1v) is 8.07. The van der Waals surface area contributed by atoms with E-state index in [2.05, 4.69) is 40.6 Å². The number of nitrogens with zero attached hydrogens (tertiary/aromatic N) is 2. The molecule has 4 nitrogen and oxygen atoms in total. The molecule has 0 aliphatic heterocycles. The van der Waals surface area contributed by atoms with E-state index in [9.17, 15) is 5.26 Å². The van der Waals surface area contributed by atoms with Crippen LogP contribution in [-0.2, 0) is 0 Å². The molecule has 0 radical (unpaired) electrons. The van der Waals surface area contributed by atoms with E-state index in [1.54, 1.807) is 0 Å². The van der Waals surface area contributed by atoms with E-state index in [1.165, 1.54) is 18.4 Å². The molecule has 1 heterocycles. The Hall–Kier alpha value is -2.28. The van der Waals surface area contributed by atoms with Gasteiger partial charge in [-0.15, -0.1) is 0 Å². The topological polar surface area (TPSA) is 61.9 Å². The first kappa shape index (κ1) is 13.4. The Kier molecular flexibility index (Phi) is 3.34. The lowest BCUT2D eigenvalue weighted by atomic mass is 10.1. The van der Waals surface area contributed by atoms with Gasteiger partial charge in [0.05, 0.1) is 0 Å². The molecule has 0 amide bonds. The molecule has 2 aliphatic carbocycles. The van der Waals surface area contributed by atoms with E-state index in [-0.39, 0.29) is 0 Å². The predicted octanol–water partition coefficient (Wildman–Crippen LogP) is 4.17. The van der Waals surface area contributed by atoms with Crippen molar-refractivity contribution in [2.45, 2.75) is 50.0 Å². The highest BCUT2D eigenvalue weighted by molar-refractivity contribution is 5.47. The van der Waals surface area contributed by atoms with Crippen LogP contribution in [0.2, 0.25) is 0 Å². The fourth-order valence-electron chi connectivity index (χ4n) is 3.46. The molecule has 2 aliphatic rings. The van der Waals surface area contributed by atoms with E-state index >= 15 is 0 Å². The van der Waals surface area contributed by atoms with Gasteiger partial charge in [-0.1, -0.05) is 43.2 Å². The van der Waals surface area contributed by atoms with Crippen LogP contribution >= 0.6 is 0 Å². The van der Waals surface area contributed by atoms with E-state index in [0.717, 1.165) is 19.3 Å². The fourth-order valence-corrected chi connectivity index (χ4v) is 3.46. The summed E-state index contributed by atoms with van der Waals surface area (Å²) < 4.78 is 5.90. The molecular formula is C18H19N3O. The Balaban J connectivity index is 1.51. The quantitative estimate of drug-likeness (QED) is 0.919. The van der Waals surface area contributed by atoms with Crippen molar-refractivity contribution >= 4 is 5.88 Å². The van der Waals surface area contributed by atoms with Gasteiger partial charge >= 0.3 is 0 Å². The molecule has 0 spiro atoms. The fraction of sp³-hybridized carbons (Fsp3) is 0.444. The zero-order valence-electron chi connectivity index (χ0n) is 12.5. The first-order valence-electron chi connectivity index (χ1n) is 8.07. The van der Waals surface area contributed by atoms with Crippen molar-refractivity contribution in [3.63, 3.8) is 0 Å². The Morgan fingerprint density at radius 2 is 1.91 bits per heavy atom. The lowest BCUT2D eigenvalue weighted by Gasteiger charge is -2.09. The van der Waals surface area contributed by atoms with E-state index < -0.39 is 0 Å². The van der Waals surface area contributed by atoms with E-state index in [0.29, 0.717) is 35.3 Å². The molecule has 2 atom stereocenters. The third kappa shape index (κ3) is 2.48. The summed E-state index contributed by atoms with van der Waals surface area (Å²) in [6.45, 7) is 0. The second-order valence-electron chi connectivity index (χ2n) is 6.33. The normalized spacial score (nSPS) is 24.1. The van der Waals surface area contributed by atoms with Crippen molar-refractivity contribution in [2.75, 3.05) is 5.32 Å². The van der Waals surface area contributed by atoms with Crippen molar-refractivity contribution in [1.82, 2.24) is 4.98 Å². The highest BCUT2D eigenvalue weighted by atomic mass is 16.4. The third-order valence-corrected chi connectivity index (χ3v) is 4.78. The summed E-state index contributed by atoms with van der Waals surface area (Å²) >= 11 is 0. The highest BCUT2D eigenvalue weighted by Gasteiger charge is 2.43. The standard InChI is InChI=1S/C18H19N3O/c19-11-16-18(20-13-8-4-5-9-13)22-17(21-16)15-10-14(15)12-6-2-1-3-7-12/h1-3,6-7,13-15,20H,4-5,8-10H2/t14-,15+/m1/s1. The summed E-state index contributed by atoms with van der Waals surface area (Å²) in [5, 5.41) is 12.6. The molecule has 1 N–H and O–H groups in total. The Labute approximate surface area is 130 Å². The van der Waals surface area contributed by atoms with Gasteiger partial charge in [0.1, 0.15) is 6.07 Å². The summed E-state index contributed by atoms with van der Waals surface area (Å²) in [6, 6.07) is 13.0. The number of hydrogen-bond donors (Lipinski definition) is 1. The lowest BCUT2D eigenvalue weighted by Crippen LogP contribution is -2.14. The molecule has 0 saturated heterocycles. The number of nitrogens with one attached hydrogen (secondary N) is 1. The van der Waals surface area contributed by atoms with Crippen LogP contribution in [0.3, 0.4) is 0 Å². The van der Waals surface area contributed by atoms with Gasteiger partial charge in [-0.3, -0.25) is 0 Å². The van der Waals surface area contributed by atoms with Gasteiger partial charge in [-0.25, -0.2) is 4.98 Å². The van der Waals surface area contributed by atoms with Crippen molar-refractivity contribution in [3.05, 3.63) is 47.5 Å². The molecule has 4 rings (SSSR count). The zero-order valence-corrected chi connectivity index (χ0v) is 12.5. The third-order valence-electron chi connectivity index (χ3n) is 4.78. The monoisotopic (exact) mass is 293 g/mol. The molecule has 0 bridgehead atoms. The summed E-state index contributed by atoms with van der Waals surface area (Å²) in [7, 11) is 0. The molecular weight excluding hydrogens is 274 g/mol. The predicted molar refractivity (Wildman–Crippen MR) is 83.6 cm³/mol. The second kappa shape index (κ2) is 5.49. The summed E-state index contributed by atoms with van der Waals surface area (Å²) in [5.74, 6) is 2.08. The summed E-state index contributed by atoms with van der Waals surface area (Å²) in [5.41, 5.74) is 1.73. The number of hydrogen-bond acceptors (Lipinski definition) is 4. The molecule has 1 aromatic carbocycles. The molecule has 1 aromatic heterocycles. The Morgan fingerprint density at radius 3 is 2.64 bits per heavy atom. The molecule has 2 fully saturated rings. The van der Waals surface area contributed by atoms with Crippen LogP contribution in [0.25, 0.3) is 0 Å². The minimum atomic E-state index is 0.314. The van der Waals surface area contributed by atoms with Crippen molar-refractivity contribution < 1.29 is 4.42 Å². The number of rotatable bonds is 4. The van der Waals surface area contributed by atoms with Gasteiger partial charge in [0.15, 0.2) is 0 Å². The van der Waals surface area contributed by atoms with Gasteiger partial charge in [-0.2, -0.15) is 5.26 Å². The second-order valence-corrected chi connectivity index (χ2v) is 6.33. The highest BCUT2D eigenvalue weighted by Crippen LogP contribution is 2.54. The molecule has 112 valence electrons. The number of benzene rings is 1. The summed E-state index contributed by atoms with van der Waals surface area (Å²) in [6.07, 6.45) is 5.85. The molecule has 22 heavy (non-hydrogen) atoms. The smallest absolute Gasteiger partial charge is 0.232 e. The Bertz CT molecular complexity index is 695. The van der Waals surface area contributed by atoms with Gasteiger partial charge in [0.25, 0.3) is 0 Å². The van der Waals surface area contributed by atoms with Crippen LogP contribution < -0.4 is 5.32 Å². The van der Waals surface area contributed by atoms with Gasteiger partial charge in [0.2, 0.25) is 17.5 Å². The molecule has 0 unspecified atom stereocenters. The molecule has 4 heteroatoms. The van der Waals surface area contributed by atoms with Crippen LogP contribution in [0.4, 0.5) is 5.88 Å². The zero-order chi connectivity index (χ0) is 14.9. The first-order chi connectivity index (χ1) is 10.8. The summed E-state index contributed by atoms with van der Waals surface area (Å²) in [4.78, 5) is 4.42. The van der Waals surface area contributed by atoms with Crippen LogP contribution in [0.1, 0.15) is 61.1 Å². The number of oxazole rings is 1. The van der Waals surface area contributed by atoms with E-state index in [1.807, 2.05) is 6.07 Å². The van der Waals surface area contributed by atoms with Gasteiger partial charge in [-0.05, 0) is 30.7 Å². The van der Waals surface area contributed by atoms with Crippen LogP contribution in [-0.4, -0.2) is 11.0 Å². The largest absolute Gasteiger partial charge is 0.424 e. The SMILES string of the molecule is N#Cc1nc([C@H]2C[C@@H]2c2ccccc2)oc1NC1CCCC1. The van der Waals surface area contributed by atoms with Crippen molar-refractivity contribution in [3.8, 4) is 6.07 Å². The average Bonchev–Trinajstić information content (AvgIpc) is 3.00. The average molecular weight is 293 g/mol. The van der Waals surface area contributed by atoms with E-state index in [4.69, 9.17) is 4.42 Å². The number of anilines is 1. The lowest BCUT2D eigenvalue weighted by molar-refractivity contribution is 0.498. The van der Waals surface area contributed by atoms with Crippen LogP contribution in [0.5, 0.6) is 0 Å². The van der Waals surface area contributed by atoms with Gasteiger partial charge in [0, 0.05) is 12.0 Å². The van der Waals surface area contributed by atoms with Crippen LogP contribution in [0.15, 0.2) is 34.7 Å². The van der Waals surface area contributed by atoms with Crippen LogP contribution in [0, 0.1) is 11.3 Å². The maximum absolute atomic E-state index is 9.28. The maximum Gasteiger partial charge on any atom is 0.232 e.